The highest BCUT2D eigenvalue weighted by molar-refractivity contribution is 7.22. The topological polar surface area (TPSA) is 37.3 Å². The SMILES string of the molecule is CC/C(C)=N/Nc1nc2c(C)cc(Cl)cc2s1. The minimum absolute atomic E-state index is 0.749. The normalized spacial score (nSPS) is 12.1. The first-order valence-electron chi connectivity index (χ1n) is 5.46. The van der Waals surface area contributed by atoms with Gasteiger partial charge in [0.2, 0.25) is 5.13 Å². The quantitative estimate of drug-likeness (QED) is 0.659. The Balaban J connectivity index is 2.35. The number of thiazole rings is 1. The summed E-state index contributed by atoms with van der Waals surface area (Å²) < 4.78 is 1.09. The minimum Gasteiger partial charge on any atom is -0.253 e. The van der Waals surface area contributed by atoms with Crippen LogP contribution in [0.5, 0.6) is 0 Å². The number of hydrogen-bond acceptors (Lipinski definition) is 4. The van der Waals surface area contributed by atoms with Crippen LogP contribution in [0.4, 0.5) is 5.13 Å². The molecule has 0 radical (unpaired) electrons. The third-order valence-corrected chi connectivity index (χ3v) is 3.63. The zero-order chi connectivity index (χ0) is 12.4. The van der Waals surface area contributed by atoms with E-state index in [9.17, 15) is 0 Å². The van der Waals surface area contributed by atoms with Gasteiger partial charge in [0, 0.05) is 10.7 Å². The van der Waals surface area contributed by atoms with Gasteiger partial charge in [-0.1, -0.05) is 29.9 Å². The van der Waals surface area contributed by atoms with Crippen molar-refractivity contribution >= 4 is 44.0 Å². The molecule has 2 rings (SSSR count). The van der Waals surface area contributed by atoms with Crippen molar-refractivity contribution in [1.82, 2.24) is 4.98 Å². The Morgan fingerprint density at radius 3 is 3.00 bits per heavy atom. The summed E-state index contributed by atoms with van der Waals surface area (Å²) in [5.41, 5.74) is 6.12. The van der Waals surface area contributed by atoms with Crippen molar-refractivity contribution < 1.29 is 0 Å². The molecule has 0 aliphatic heterocycles. The van der Waals surface area contributed by atoms with E-state index in [2.05, 4.69) is 22.4 Å². The molecule has 17 heavy (non-hydrogen) atoms. The molecule has 0 saturated carbocycles. The van der Waals surface area contributed by atoms with Crippen molar-refractivity contribution in [2.75, 3.05) is 5.43 Å². The van der Waals surface area contributed by atoms with Crippen molar-refractivity contribution in [3.05, 3.63) is 22.7 Å². The van der Waals surface area contributed by atoms with Gasteiger partial charge in [0.25, 0.3) is 0 Å². The average Bonchev–Trinajstić information content (AvgIpc) is 2.69. The zero-order valence-electron chi connectivity index (χ0n) is 10.0. The second-order valence-electron chi connectivity index (χ2n) is 3.90. The lowest BCUT2D eigenvalue weighted by Crippen LogP contribution is -1.94. The van der Waals surface area contributed by atoms with Crippen LogP contribution in [0, 0.1) is 6.92 Å². The van der Waals surface area contributed by atoms with Crippen LogP contribution in [-0.2, 0) is 0 Å². The van der Waals surface area contributed by atoms with E-state index in [1.54, 1.807) is 11.3 Å². The van der Waals surface area contributed by atoms with Crippen molar-refractivity contribution in [3.63, 3.8) is 0 Å². The molecule has 2 aromatic rings. The summed E-state index contributed by atoms with van der Waals surface area (Å²) in [7, 11) is 0. The number of benzene rings is 1. The highest BCUT2D eigenvalue weighted by Crippen LogP contribution is 2.30. The summed E-state index contributed by atoms with van der Waals surface area (Å²) in [6.07, 6.45) is 0.933. The molecule has 5 heteroatoms. The lowest BCUT2D eigenvalue weighted by Gasteiger charge is -1.95. The van der Waals surface area contributed by atoms with E-state index in [0.29, 0.717) is 0 Å². The maximum absolute atomic E-state index is 6.01. The lowest BCUT2D eigenvalue weighted by molar-refractivity contribution is 1.20. The smallest absolute Gasteiger partial charge is 0.204 e. The second kappa shape index (κ2) is 5.02. The standard InChI is InChI=1S/C12H14ClN3S/c1-4-8(3)15-16-12-14-11-7(2)5-9(13)6-10(11)17-12/h5-6H,4H2,1-3H3,(H,14,16)/b15-8+. The molecule has 0 saturated heterocycles. The summed E-state index contributed by atoms with van der Waals surface area (Å²) in [6.45, 7) is 6.07. The summed E-state index contributed by atoms with van der Waals surface area (Å²) in [5.74, 6) is 0. The van der Waals surface area contributed by atoms with E-state index in [1.807, 2.05) is 26.0 Å². The maximum Gasteiger partial charge on any atom is 0.204 e. The summed E-state index contributed by atoms with van der Waals surface area (Å²) >= 11 is 7.58. The largest absolute Gasteiger partial charge is 0.253 e. The van der Waals surface area contributed by atoms with Crippen LogP contribution in [-0.4, -0.2) is 10.7 Å². The highest BCUT2D eigenvalue weighted by atomic mass is 35.5. The third kappa shape index (κ3) is 2.76. The number of nitrogens with one attached hydrogen (secondary N) is 1. The molecule has 0 fully saturated rings. The van der Waals surface area contributed by atoms with Crippen molar-refractivity contribution in [2.45, 2.75) is 27.2 Å². The molecule has 3 nitrogen and oxygen atoms in total. The highest BCUT2D eigenvalue weighted by Gasteiger charge is 2.06. The monoisotopic (exact) mass is 267 g/mol. The van der Waals surface area contributed by atoms with Crippen LogP contribution >= 0.6 is 22.9 Å². The number of rotatable bonds is 3. The van der Waals surface area contributed by atoms with Crippen LogP contribution in [0.25, 0.3) is 10.2 Å². The molecule has 0 bridgehead atoms. The molecule has 0 amide bonds. The lowest BCUT2D eigenvalue weighted by atomic mass is 10.2. The Labute approximate surface area is 110 Å². The first-order chi connectivity index (χ1) is 8.10. The van der Waals surface area contributed by atoms with Gasteiger partial charge in [0.1, 0.15) is 0 Å². The van der Waals surface area contributed by atoms with Gasteiger partial charge in [-0.3, -0.25) is 5.43 Å². The maximum atomic E-state index is 6.01. The van der Waals surface area contributed by atoms with Crippen molar-refractivity contribution in [3.8, 4) is 0 Å². The van der Waals surface area contributed by atoms with Gasteiger partial charge in [-0.2, -0.15) is 5.10 Å². The van der Waals surface area contributed by atoms with Crippen LogP contribution in [0.2, 0.25) is 5.02 Å². The Hall–Kier alpha value is -1.13. The van der Waals surface area contributed by atoms with Gasteiger partial charge in [0.05, 0.1) is 10.2 Å². The number of anilines is 1. The fourth-order valence-corrected chi connectivity index (χ4v) is 2.69. The third-order valence-electron chi connectivity index (χ3n) is 2.50. The van der Waals surface area contributed by atoms with E-state index in [-0.39, 0.29) is 0 Å². The molecule has 0 aliphatic rings. The van der Waals surface area contributed by atoms with Crippen LogP contribution in [0.3, 0.4) is 0 Å². The number of fused-ring (bicyclic) bond motifs is 1. The number of halogens is 1. The molecular weight excluding hydrogens is 254 g/mol. The van der Waals surface area contributed by atoms with E-state index in [0.717, 1.165) is 38.1 Å². The van der Waals surface area contributed by atoms with Gasteiger partial charge in [-0.05, 0) is 38.0 Å². The fourth-order valence-electron chi connectivity index (χ4n) is 1.42. The summed E-state index contributed by atoms with van der Waals surface area (Å²) in [4.78, 5) is 4.50. The predicted molar refractivity (Wildman–Crippen MR) is 76.4 cm³/mol. The molecule has 0 unspecified atom stereocenters. The summed E-state index contributed by atoms with van der Waals surface area (Å²) in [5, 5.41) is 5.79. The van der Waals surface area contributed by atoms with E-state index >= 15 is 0 Å². The summed E-state index contributed by atoms with van der Waals surface area (Å²) in [6, 6.07) is 3.86. The molecule has 1 aromatic heterocycles. The first kappa shape index (κ1) is 12.3. The van der Waals surface area contributed by atoms with Crippen molar-refractivity contribution in [2.24, 2.45) is 5.10 Å². The molecule has 1 heterocycles. The fraction of sp³-hybridized carbons (Fsp3) is 0.333. The number of hydrazone groups is 1. The number of hydrogen-bond donors (Lipinski definition) is 1. The Morgan fingerprint density at radius 2 is 2.29 bits per heavy atom. The number of aromatic nitrogens is 1. The second-order valence-corrected chi connectivity index (χ2v) is 5.37. The minimum atomic E-state index is 0.749. The molecular formula is C12H14ClN3S. The predicted octanol–water partition coefficient (Wildman–Crippen LogP) is 4.46. The van der Waals surface area contributed by atoms with Gasteiger partial charge < -0.3 is 0 Å². The van der Waals surface area contributed by atoms with E-state index < -0.39 is 0 Å². The Kier molecular flexibility index (Phi) is 3.64. The van der Waals surface area contributed by atoms with Gasteiger partial charge in [0.15, 0.2) is 0 Å². The molecule has 1 aromatic carbocycles. The van der Waals surface area contributed by atoms with Crippen molar-refractivity contribution in [1.29, 1.82) is 0 Å². The number of aryl methyl sites for hydroxylation is 1. The average molecular weight is 268 g/mol. The molecule has 0 aliphatic carbocycles. The molecule has 0 atom stereocenters. The number of nitrogens with zero attached hydrogens (tertiary/aromatic N) is 2. The Morgan fingerprint density at radius 1 is 1.53 bits per heavy atom. The van der Waals surface area contributed by atoms with Gasteiger partial charge >= 0.3 is 0 Å². The Bertz CT molecular complexity index is 574. The van der Waals surface area contributed by atoms with E-state index in [1.165, 1.54) is 0 Å². The van der Waals surface area contributed by atoms with Crippen LogP contribution in [0.1, 0.15) is 25.8 Å². The van der Waals surface area contributed by atoms with E-state index in [4.69, 9.17) is 11.6 Å². The molecule has 1 N–H and O–H groups in total. The molecule has 90 valence electrons. The van der Waals surface area contributed by atoms with Gasteiger partial charge in [-0.25, -0.2) is 4.98 Å². The zero-order valence-corrected chi connectivity index (χ0v) is 11.6. The van der Waals surface area contributed by atoms with Gasteiger partial charge in [-0.15, -0.1) is 0 Å². The first-order valence-corrected chi connectivity index (χ1v) is 6.65. The van der Waals surface area contributed by atoms with Crippen LogP contribution in [0.15, 0.2) is 17.2 Å². The van der Waals surface area contributed by atoms with Crippen LogP contribution < -0.4 is 5.43 Å². The molecule has 0 spiro atoms.